The molecule has 0 bridgehead atoms. The van der Waals surface area contributed by atoms with Crippen LogP contribution in [0.25, 0.3) is 0 Å². The fourth-order valence-corrected chi connectivity index (χ4v) is 2.79. The normalized spacial score (nSPS) is 10.0. The van der Waals surface area contributed by atoms with Gasteiger partial charge in [-0.15, -0.1) is 0 Å². The summed E-state index contributed by atoms with van der Waals surface area (Å²) >= 11 is 2.90. The second kappa shape index (κ2) is 4.51. The van der Waals surface area contributed by atoms with E-state index in [0.29, 0.717) is 17.9 Å². The lowest BCUT2D eigenvalue weighted by Gasteiger charge is -2.02. The average molecular weight is 250 g/mol. The number of nitriles is 1. The van der Waals surface area contributed by atoms with E-state index in [-0.39, 0.29) is 0 Å². The van der Waals surface area contributed by atoms with Gasteiger partial charge in [0, 0.05) is 6.54 Å². The third kappa shape index (κ3) is 2.01. The van der Waals surface area contributed by atoms with Crippen molar-refractivity contribution in [2.24, 2.45) is 0 Å². The van der Waals surface area contributed by atoms with Crippen molar-refractivity contribution in [1.82, 2.24) is 4.37 Å². The lowest BCUT2D eigenvalue weighted by atomic mass is 10.2. The van der Waals surface area contributed by atoms with Crippen LogP contribution in [0.15, 0.2) is 10.8 Å². The molecule has 0 aliphatic heterocycles. The Morgan fingerprint density at radius 2 is 2.38 bits per heavy atom. The Morgan fingerprint density at radius 3 is 3.00 bits per heavy atom. The molecule has 0 saturated heterocycles. The van der Waals surface area contributed by atoms with Crippen LogP contribution in [0.5, 0.6) is 0 Å². The second-order valence-corrected chi connectivity index (χ2v) is 4.83. The van der Waals surface area contributed by atoms with Gasteiger partial charge in [0.15, 0.2) is 5.82 Å². The number of anilines is 2. The molecule has 0 amide bonds. The summed E-state index contributed by atoms with van der Waals surface area (Å²) < 4.78 is 3.95. The maximum absolute atomic E-state index is 8.90. The Morgan fingerprint density at radius 1 is 1.56 bits per heavy atom. The molecule has 2 rings (SSSR count). The van der Waals surface area contributed by atoms with Gasteiger partial charge >= 0.3 is 0 Å². The van der Waals surface area contributed by atoms with Crippen molar-refractivity contribution in [1.29, 1.82) is 5.26 Å². The topological polar surface area (TPSA) is 74.7 Å². The van der Waals surface area contributed by atoms with E-state index in [9.17, 15) is 0 Å². The quantitative estimate of drug-likeness (QED) is 0.878. The summed E-state index contributed by atoms with van der Waals surface area (Å²) in [4.78, 5) is 0. The molecule has 0 spiro atoms. The van der Waals surface area contributed by atoms with E-state index in [1.165, 1.54) is 22.7 Å². The highest BCUT2D eigenvalue weighted by Gasteiger charge is 2.10. The monoisotopic (exact) mass is 250 g/mol. The molecule has 6 heteroatoms. The summed E-state index contributed by atoms with van der Waals surface area (Å²) in [6.45, 7) is 2.77. The smallest absolute Gasteiger partial charge is 0.157 e. The molecule has 2 aromatic heterocycles. The van der Waals surface area contributed by atoms with Crippen molar-refractivity contribution in [3.8, 4) is 6.07 Å². The molecule has 0 aliphatic carbocycles. The number of rotatable bonds is 3. The minimum Gasteiger partial charge on any atom is -0.382 e. The number of nitrogens with one attached hydrogen (secondary N) is 1. The standard InChI is InChI=1S/C10H10N4S2/c1-6-4-15-5-7(6)3-13-10-8(2-11)9(12)14-16-10/h4-5,13H,3H2,1H3,(H2,12,14). The Hall–Kier alpha value is -1.58. The van der Waals surface area contributed by atoms with Gasteiger partial charge in [0.2, 0.25) is 0 Å². The molecule has 0 unspecified atom stereocenters. The molecule has 2 heterocycles. The first-order valence-corrected chi connectivity index (χ1v) is 6.34. The van der Waals surface area contributed by atoms with E-state index in [0.717, 1.165) is 5.00 Å². The number of hydrogen-bond donors (Lipinski definition) is 2. The van der Waals surface area contributed by atoms with Gasteiger partial charge in [0.25, 0.3) is 0 Å². The van der Waals surface area contributed by atoms with E-state index in [2.05, 4.69) is 33.4 Å². The van der Waals surface area contributed by atoms with Gasteiger partial charge in [-0.2, -0.15) is 21.0 Å². The van der Waals surface area contributed by atoms with Crippen LogP contribution in [0.3, 0.4) is 0 Å². The maximum atomic E-state index is 8.90. The SMILES string of the molecule is Cc1cscc1CNc1snc(N)c1C#N. The zero-order valence-electron chi connectivity index (χ0n) is 8.65. The third-order valence-corrected chi connectivity index (χ3v) is 3.96. The van der Waals surface area contributed by atoms with Crippen LogP contribution in [-0.4, -0.2) is 4.37 Å². The summed E-state index contributed by atoms with van der Waals surface area (Å²) in [5.74, 6) is 0.303. The van der Waals surface area contributed by atoms with Crippen molar-refractivity contribution in [2.75, 3.05) is 11.1 Å². The molecule has 0 radical (unpaired) electrons. The van der Waals surface area contributed by atoms with E-state index in [4.69, 9.17) is 11.0 Å². The van der Waals surface area contributed by atoms with Gasteiger partial charge in [0.1, 0.15) is 16.6 Å². The third-order valence-electron chi connectivity index (χ3n) is 2.23. The molecular formula is C10H10N4S2. The molecule has 82 valence electrons. The predicted molar refractivity (Wildman–Crippen MR) is 67.6 cm³/mol. The molecule has 0 aromatic carbocycles. The first-order valence-electron chi connectivity index (χ1n) is 4.63. The summed E-state index contributed by atoms with van der Waals surface area (Å²) in [5, 5.41) is 17.0. The lowest BCUT2D eigenvalue weighted by molar-refractivity contribution is 1.15. The number of aromatic nitrogens is 1. The fraction of sp³-hybridized carbons (Fsp3) is 0.200. The molecule has 2 aromatic rings. The van der Waals surface area contributed by atoms with Gasteiger partial charge in [-0.25, -0.2) is 0 Å². The first-order chi connectivity index (χ1) is 7.72. The Labute approximate surface area is 102 Å². The van der Waals surface area contributed by atoms with Crippen molar-refractivity contribution in [3.05, 3.63) is 27.5 Å². The van der Waals surface area contributed by atoms with Crippen LogP contribution in [-0.2, 0) is 6.54 Å². The van der Waals surface area contributed by atoms with E-state index >= 15 is 0 Å². The van der Waals surface area contributed by atoms with Crippen molar-refractivity contribution in [3.63, 3.8) is 0 Å². The minimum atomic E-state index is 0.303. The van der Waals surface area contributed by atoms with Crippen LogP contribution in [0.4, 0.5) is 10.8 Å². The number of nitrogen functional groups attached to an aromatic ring is 1. The molecule has 16 heavy (non-hydrogen) atoms. The van der Waals surface area contributed by atoms with E-state index in [1.54, 1.807) is 11.3 Å². The van der Waals surface area contributed by atoms with Crippen molar-refractivity contribution >= 4 is 33.7 Å². The predicted octanol–water partition coefficient (Wildman–Crippen LogP) is 2.58. The van der Waals surface area contributed by atoms with Gasteiger partial charge in [-0.1, -0.05) is 0 Å². The van der Waals surface area contributed by atoms with Crippen molar-refractivity contribution in [2.45, 2.75) is 13.5 Å². The zero-order valence-corrected chi connectivity index (χ0v) is 10.3. The highest BCUT2D eigenvalue weighted by atomic mass is 32.1. The second-order valence-electron chi connectivity index (χ2n) is 3.32. The Kier molecular flexibility index (Phi) is 3.08. The minimum absolute atomic E-state index is 0.303. The van der Waals surface area contributed by atoms with Crippen LogP contribution < -0.4 is 11.1 Å². The highest BCUT2D eigenvalue weighted by molar-refractivity contribution is 7.10. The van der Waals surface area contributed by atoms with Gasteiger partial charge in [0.05, 0.1) is 0 Å². The number of thiophene rings is 1. The Bertz CT molecular complexity index is 535. The van der Waals surface area contributed by atoms with Gasteiger partial charge in [-0.05, 0) is 40.3 Å². The number of nitrogens with two attached hydrogens (primary N) is 1. The lowest BCUT2D eigenvalue weighted by Crippen LogP contribution is -1.99. The molecule has 4 nitrogen and oxygen atoms in total. The Balaban J connectivity index is 2.11. The first kappa shape index (κ1) is 10.9. The summed E-state index contributed by atoms with van der Waals surface area (Å²) in [6.07, 6.45) is 0. The molecule has 0 saturated carbocycles. The summed E-state index contributed by atoms with van der Waals surface area (Å²) in [6, 6.07) is 2.05. The van der Waals surface area contributed by atoms with Gasteiger partial charge in [-0.3, -0.25) is 0 Å². The van der Waals surface area contributed by atoms with Crippen LogP contribution in [0, 0.1) is 18.3 Å². The van der Waals surface area contributed by atoms with Gasteiger partial charge < -0.3 is 11.1 Å². The molecule has 0 aliphatic rings. The molecule has 0 fully saturated rings. The summed E-state index contributed by atoms with van der Waals surface area (Å²) in [5.41, 5.74) is 8.51. The zero-order chi connectivity index (χ0) is 11.5. The summed E-state index contributed by atoms with van der Waals surface area (Å²) in [7, 11) is 0. The van der Waals surface area contributed by atoms with Crippen molar-refractivity contribution < 1.29 is 0 Å². The average Bonchev–Trinajstić information content (AvgIpc) is 2.82. The number of hydrogen-bond acceptors (Lipinski definition) is 6. The van der Waals surface area contributed by atoms with E-state index < -0.39 is 0 Å². The number of nitrogens with zero attached hydrogens (tertiary/aromatic N) is 2. The fourth-order valence-electron chi connectivity index (χ4n) is 1.27. The molecule has 3 N–H and O–H groups in total. The van der Waals surface area contributed by atoms with Crippen LogP contribution in [0.2, 0.25) is 0 Å². The van der Waals surface area contributed by atoms with Crippen LogP contribution in [0.1, 0.15) is 16.7 Å². The molecular weight excluding hydrogens is 240 g/mol. The molecule has 0 atom stereocenters. The largest absolute Gasteiger partial charge is 0.382 e. The van der Waals surface area contributed by atoms with E-state index in [1.807, 2.05) is 0 Å². The van der Waals surface area contributed by atoms with Crippen LogP contribution >= 0.6 is 22.9 Å². The number of aryl methyl sites for hydroxylation is 1. The highest BCUT2D eigenvalue weighted by Crippen LogP contribution is 2.26. The maximum Gasteiger partial charge on any atom is 0.157 e.